The zero-order chi connectivity index (χ0) is 12.3. The average Bonchev–Trinajstić information content (AvgIpc) is 2.38. The highest BCUT2D eigenvalue weighted by molar-refractivity contribution is 4.88. The Morgan fingerprint density at radius 3 is 2.53 bits per heavy atom. The Kier molecular flexibility index (Phi) is 7.40. The van der Waals surface area contributed by atoms with Gasteiger partial charge in [0.25, 0.3) is 0 Å². The van der Waals surface area contributed by atoms with Gasteiger partial charge >= 0.3 is 0 Å². The van der Waals surface area contributed by atoms with Gasteiger partial charge in [0.2, 0.25) is 0 Å². The molecule has 3 nitrogen and oxygen atoms in total. The van der Waals surface area contributed by atoms with E-state index in [-0.39, 0.29) is 0 Å². The highest BCUT2D eigenvalue weighted by Gasteiger charge is 2.14. The molecule has 1 aliphatic rings. The Morgan fingerprint density at radius 2 is 1.88 bits per heavy atom. The molecule has 1 atom stereocenters. The molecule has 17 heavy (non-hydrogen) atoms. The van der Waals surface area contributed by atoms with Gasteiger partial charge in [-0.15, -0.1) is 5.11 Å². The third-order valence-corrected chi connectivity index (χ3v) is 3.13. The maximum atomic E-state index is 4.15. The molecule has 0 fully saturated rings. The molecule has 1 unspecified atom stereocenters. The van der Waals surface area contributed by atoms with E-state index >= 15 is 0 Å². The third-order valence-electron chi connectivity index (χ3n) is 3.13. The van der Waals surface area contributed by atoms with Crippen LogP contribution in [0.1, 0.15) is 65.2 Å². The van der Waals surface area contributed by atoms with Gasteiger partial charge in [-0.25, -0.2) is 5.01 Å². The summed E-state index contributed by atoms with van der Waals surface area (Å²) in [4.78, 5) is 0. The number of hydrogen-bond acceptors (Lipinski definition) is 3. The van der Waals surface area contributed by atoms with E-state index in [2.05, 4.69) is 29.9 Å². The van der Waals surface area contributed by atoms with Crippen LogP contribution in [0.4, 0.5) is 0 Å². The standard InChI is InChI=1S/C14H25N3/c1-3-5-6-7-8-11-14(10-4-2)17-13-9-12-15-16-17/h12-14H,3-8,10-11H2,1-2H3. The minimum absolute atomic E-state index is 0.506. The van der Waals surface area contributed by atoms with E-state index in [0.29, 0.717) is 6.04 Å². The lowest BCUT2D eigenvalue weighted by Crippen LogP contribution is -2.26. The topological polar surface area (TPSA) is 28.0 Å². The first-order valence-electron chi connectivity index (χ1n) is 6.98. The number of rotatable bonds is 9. The molecule has 0 aromatic carbocycles. The molecule has 0 aromatic rings. The van der Waals surface area contributed by atoms with E-state index in [0.717, 1.165) is 0 Å². The van der Waals surface area contributed by atoms with Gasteiger partial charge in [0, 0.05) is 0 Å². The van der Waals surface area contributed by atoms with Gasteiger partial charge < -0.3 is 0 Å². The van der Waals surface area contributed by atoms with E-state index in [1.165, 1.54) is 51.4 Å². The SMILES string of the molecule is CCCCCCCC(CCC)N1C=C=CN=N1. The Bertz CT molecular complexity index is 277. The summed E-state index contributed by atoms with van der Waals surface area (Å²) in [7, 11) is 0. The van der Waals surface area contributed by atoms with Crippen LogP contribution >= 0.6 is 0 Å². The first-order valence-corrected chi connectivity index (χ1v) is 6.98. The minimum Gasteiger partial charge on any atom is -0.243 e. The first kappa shape index (κ1) is 14.0. The van der Waals surface area contributed by atoms with E-state index < -0.39 is 0 Å². The monoisotopic (exact) mass is 235 g/mol. The minimum atomic E-state index is 0.506. The Labute approximate surface area is 105 Å². The zero-order valence-electron chi connectivity index (χ0n) is 11.2. The number of nitrogens with zero attached hydrogens (tertiary/aromatic N) is 3. The van der Waals surface area contributed by atoms with Crippen molar-refractivity contribution >= 4 is 0 Å². The summed E-state index contributed by atoms with van der Waals surface area (Å²) >= 11 is 0. The molecule has 0 aromatic heterocycles. The summed E-state index contributed by atoms with van der Waals surface area (Å²) in [5.41, 5.74) is 3.00. The molecule has 3 heteroatoms. The highest BCUT2D eigenvalue weighted by Crippen LogP contribution is 2.18. The molecule has 0 aliphatic carbocycles. The highest BCUT2D eigenvalue weighted by atomic mass is 15.5. The van der Waals surface area contributed by atoms with Crippen LogP contribution in [0.15, 0.2) is 28.5 Å². The molecule has 0 bridgehead atoms. The second-order valence-corrected chi connectivity index (χ2v) is 4.66. The Balaban J connectivity index is 2.28. The van der Waals surface area contributed by atoms with Crippen molar-refractivity contribution in [3.8, 4) is 0 Å². The first-order chi connectivity index (χ1) is 8.38. The lowest BCUT2D eigenvalue weighted by molar-refractivity contribution is 0.235. The van der Waals surface area contributed by atoms with Crippen LogP contribution in [-0.2, 0) is 0 Å². The van der Waals surface area contributed by atoms with E-state index in [9.17, 15) is 0 Å². The maximum absolute atomic E-state index is 4.15. The van der Waals surface area contributed by atoms with Crippen molar-refractivity contribution in [3.05, 3.63) is 18.1 Å². The average molecular weight is 235 g/mol. The van der Waals surface area contributed by atoms with Crippen molar-refractivity contribution < 1.29 is 0 Å². The Morgan fingerprint density at radius 1 is 1.06 bits per heavy atom. The van der Waals surface area contributed by atoms with Crippen LogP contribution in [0.25, 0.3) is 0 Å². The third kappa shape index (κ3) is 5.69. The van der Waals surface area contributed by atoms with Crippen molar-refractivity contribution in [1.29, 1.82) is 0 Å². The molecule has 96 valence electrons. The molecule has 0 spiro atoms. The smallest absolute Gasteiger partial charge is 0.0947 e. The van der Waals surface area contributed by atoms with Gasteiger partial charge in [-0.05, 0) is 12.8 Å². The summed E-state index contributed by atoms with van der Waals surface area (Å²) in [5, 5.41) is 10.0. The van der Waals surface area contributed by atoms with Crippen molar-refractivity contribution in [2.75, 3.05) is 0 Å². The summed E-state index contributed by atoms with van der Waals surface area (Å²) < 4.78 is 0. The van der Waals surface area contributed by atoms with Crippen molar-refractivity contribution in [2.24, 2.45) is 10.3 Å². The maximum Gasteiger partial charge on any atom is 0.0947 e. The molecule has 0 N–H and O–H groups in total. The lowest BCUT2D eigenvalue weighted by atomic mass is 10.0. The molecule has 0 saturated heterocycles. The van der Waals surface area contributed by atoms with Gasteiger partial charge in [-0.1, -0.05) is 63.3 Å². The normalized spacial score (nSPS) is 15.5. The van der Waals surface area contributed by atoms with Crippen LogP contribution in [-0.4, -0.2) is 11.1 Å². The van der Waals surface area contributed by atoms with Crippen molar-refractivity contribution in [3.63, 3.8) is 0 Å². The van der Waals surface area contributed by atoms with Crippen molar-refractivity contribution in [1.82, 2.24) is 5.01 Å². The fraction of sp³-hybridized carbons (Fsp3) is 0.786. The van der Waals surface area contributed by atoms with E-state index in [4.69, 9.17) is 0 Å². The second-order valence-electron chi connectivity index (χ2n) is 4.66. The molecule has 0 saturated carbocycles. The molecule has 0 radical (unpaired) electrons. The van der Waals surface area contributed by atoms with Gasteiger partial charge in [0.1, 0.15) is 0 Å². The summed E-state index contributed by atoms with van der Waals surface area (Å²) in [5.74, 6) is 0. The summed E-state index contributed by atoms with van der Waals surface area (Å²) in [6.07, 6.45) is 13.8. The zero-order valence-corrected chi connectivity index (χ0v) is 11.2. The van der Waals surface area contributed by atoms with Crippen molar-refractivity contribution in [2.45, 2.75) is 71.3 Å². The number of unbranched alkanes of at least 4 members (excludes halogenated alkanes) is 4. The Hall–Kier alpha value is -1.08. The summed E-state index contributed by atoms with van der Waals surface area (Å²) in [6, 6.07) is 0.506. The van der Waals surface area contributed by atoms with E-state index in [1.807, 2.05) is 11.2 Å². The van der Waals surface area contributed by atoms with Crippen LogP contribution in [0.5, 0.6) is 0 Å². The van der Waals surface area contributed by atoms with E-state index in [1.54, 1.807) is 6.20 Å². The van der Waals surface area contributed by atoms with Crippen LogP contribution in [0.3, 0.4) is 0 Å². The molecular formula is C14H25N3. The van der Waals surface area contributed by atoms with Crippen LogP contribution < -0.4 is 0 Å². The van der Waals surface area contributed by atoms with Gasteiger partial charge in [-0.2, -0.15) is 0 Å². The fourth-order valence-electron chi connectivity index (χ4n) is 2.16. The largest absolute Gasteiger partial charge is 0.243 e. The predicted octanol–water partition coefficient (Wildman–Crippen LogP) is 4.82. The molecule has 1 rings (SSSR count). The van der Waals surface area contributed by atoms with Gasteiger partial charge in [-0.3, -0.25) is 0 Å². The van der Waals surface area contributed by atoms with Crippen LogP contribution in [0.2, 0.25) is 0 Å². The molecule has 1 aliphatic heterocycles. The fourth-order valence-corrected chi connectivity index (χ4v) is 2.16. The molecule has 1 heterocycles. The van der Waals surface area contributed by atoms with Gasteiger partial charge in [0.05, 0.1) is 18.4 Å². The predicted molar refractivity (Wildman–Crippen MR) is 71.4 cm³/mol. The second kappa shape index (κ2) is 9.00. The summed E-state index contributed by atoms with van der Waals surface area (Å²) in [6.45, 7) is 4.48. The molecule has 0 amide bonds. The van der Waals surface area contributed by atoms with Gasteiger partial charge in [0.15, 0.2) is 0 Å². The lowest BCUT2D eigenvalue weighted by Gasteiger charge is -2.24. The van der Waals surface area contributed by atoms with Crippen LogP contribution in [0, 0.1) is 0 Å². The number of hydrogen-bond donors (Lipinski definition) is 0. The quantitative estimate of drug-likeness (QED) is 0.416. The molecular weight excluding hydrogens is 210 g/mol.